The second-order valence-electron chi connectivity index (χ2n) is 7.95. The third kappa shape index (κ3) is 3.61. The van der Waals surface area contributed by atoms with Gasteiger partial charge in [-0.3, -0.25) is 14.5 Å². The van der Waals surface area contributed by atoms with E-state index in [1.165, 1.54) is 32.4 Å². The van der Waals surface area contributed by atoms with Crippen LogP contribution in [-0.4, -0.2) is 43.1 Å². The first-order chi connectivity index (χ1) is 17.5. The highest BCUT2D eigenvalue weighted by Crippen LogP contribution is 2.45. The van der Waals surface area contributed by atoms with Crippen molar-refractivity contribution in [1.29, 1.82) is 0 Å². The highest BCUT2D eigenvalue weighted by atomic mass is 16.5. The molecule has 2 aromatic carbocycles. The van der Waals surface area contributed by atoms with Gasteiger partial charge in [0.05, 0.1) is 26.9 Å². The molecule has 5 rings (SSSR count). The van der Waals surface area contributed by atoms with Crippen molar-refractivity contribution in [3.05, 3.63) is 89.5 Å². The van der Waals surface area contributed by atoms with E-state index >= 15 is 0 Å². The number of methoxy groups -OCH3 is 3. The molecular weight excluding hydrogens is 464 g/mol. The van der Waals surface area contributed by atoms with Gasteiger partial charge in [-0.05, 0) is 42.5 Å². The normalized spacial score (nSPS) is 15.5. The van der Waals surface area contributed by atoms with Gasteiger partial charge in [-0.2, -0.15) is 0 Å². The molecule has 1 atom stereocenters. The second kappa shape index (κ2) is 9.10. The number of aliphatic hydroxyl groups is 1. The number of hydrogen-bond acceptors (Lipinski definition) is 8. The number of aromatic nitrogens is 1. The van der Waals surface area contributed by atoms with Crippen LogP contribution in [0.5, 0.6) is 17.2 Å². The average Bonchev–Trinajstić information content (AvgIpc) is 3.47. The number of carbonyl (C=O) groups excluding carboxylic acids is 2. The van der Waals surface area contributed by atoms with Crippen LogP contribution in [0, 0.1) is 0 Å². The van der Waals surface area contributed by atoms with Crippen molar-refractivity contribution in [2.45, 2.75) is 6.04 Å². The van der Waals surface area contributed by atoms with Crippen LogP contribution in [0.2, 0.25) is 0 Å². The van der Waals surface area contributed by atoms with Gasteiger partial charge in [-0.25, -0.2) is 4.98 Å². The molecule has 1 amide bonds. The van der Waals surface area contributed by atoms with Crippen LogP contribution in [0.15, 0.2) is 82.6 Å². The number of pyridine rings is 1. The Hall–Kier alpha value is -4.79. The third-order valence-electron chi connectivity index (χ3n) is 6.03. The summed E-state index contributed by atoms with van der Waals surface area (Å²) in [7, 11) is 4.48. The zero-order chi connectivity index (χ0) is 25.4. The van der Waals surface area contributed by atoms with E-state index in [2.05, 4.69) is 4.98 Å². The van der Waals surface area contributed by atoms with Crippen LogP contribution in [-0.2, 0) is 4.79 Å². The number of aliphatic hydroxyl groups excluding tert-OH is 1. The van der Waals surface area contributed by atoms with E-state index in [-0.39, 0.29) is 17.2 Å². The summed E-state index contributed by atoms with van der Waals surface area (Å²) in [5.74, 6) is -0.627. The number of para-hydroxylation sites is 1. The van der Waals surface area contributed by atoms with Crippen LogP contribution in [0.3, 0.4) is 0 Å². The van der Waals surface area contributed by atoms with Gasteiger partial charge in [-0.15, -0.1) is 0 Å². The number of benzene rings is 2. The minimum Gasteiger partial charge on any atom is -0.503 e. The zero-order valence-corrected chi connectivity index (χ0v) is 19.7. The van der Waals surface area contributed by atoms with Crippen LogP contribution in [0.25, 0.3) is 11.0 Å². The SMILES string of the molecule is COc1ccc(OC)c(C2C(C(=O)c3cc4cccc(OC)c4o3)=C(O)C(=O)N2c2ccccn2)c1. The molecule has 0 bridgehead atoms. The highest BCUT2D eigenvalue weighted by molar-refractivity contribution is 6.20. The molecule has 1 aliphatic heterocycles. The van der Waals surface area contributed by atoms with Gasteiger partial charge < -0.3 is 23.7 Å². The molecule has 1 unspecified atom stereocenters. The van der Waals surface area contributed by atoms with Gasteiger partial charge in [0.1, 0.15) is 23.4 Å². The Balaban J connectivity index is 1.71. The number of Topliss-reactive ketones (excluding diaryl/α,β-unsaturated/α-hetero) is 1. The van der Waals surface area contributed by atoms with Crippen LogP contribution >= 0.6 is 0 Å². The minimum atomic E-state index is -1.07. The second-order valence-corrected chi connectivity index (χ2v) is 7.95. The number of ether oxygens (including phenoxy) is 3. The van der Waals surface area contributed by atoms with Crippen LogP contribution in [0.1, 0.15) is 22.2 Å². The Kier molecular flexibility index (Phi) is 5.81. The summed E-state index contributed by atoms with van der Waals surface area (Å²) < 4.78 is 22.1. The fourth-order valence-electron chi connectivity index (χ4n) is 4.36. The third-order valence-corrected chi connectivity index (χ3v) is 6.03. The standard InChI is InChI=1S/C27H22N2O7/c1-33-16-10-11-18(34-2)17(14-16)23-22(25(31)27(32)29(23)21-9-4-5-12-28-21)24(30)20-13-15-7-6-8-19(35-3)26(15)36-20/h4-14,23,31H,1-3H3. The van der Waals surface area contributed by atoms with Crippen molar-refractivity contribution < 1.29 is 33.3 Å². The first-order valence-corrected chi connectivity index (χ1v) is 11.0. The Labute approximate surface area is 206 Å². The Morgan fingerprint density at radius 1 is 0.972 bits per heavy atom. The lowest BCUT2D eigenvalue weighted by atomic mass is 9.94. The smallest absolute Gasteiger partial charge is 0.295 e. The monoisotopic (exact) mass is 486 g/mol. The molecule has 1 N–H and O–H groups in total. The van der Waals surface area contributed by atoms with E-state index in [9.17, 15) is 14.7 Å². The zero-order valence-electron chi connectivity index (χ0n) is 19.7. The number of nitrogens with zero attached hydrogens (tertiary/aromatic N) is 2. The molecule has 9 nitrogen and oxygen atoms in total. The maximum absolute atomic E-state index is 13.9. The molecule has 0 spiro atoms. The summed E-state index contributed by atoms with van der Waals surface area (Å²) in [5, 5.41) is 11.7. The van der Waals surface area contributed by atoms with E-state index < -0.39 is 23.5 Å². The van der Waals surface area contributed by atoms with E-state index in [4.69, 9.17) is 18.6 Å². The molecule has 0 radical (unpaired) electrons. The number of hydrogen-bond donors (Lipinski definition) is 1. The summed E-state index contributed by atoms with van der Waals surface area (Å²) >= 11 is 0. The Bertz CT molecular complexity index is 1510. The number of ketones is 1. The van der Waals surface area contributed by atoms with Crippen LogP contribution in [0.4, 0.5) is 5.82 Å². The molecule has 0 saturated heterocycles. The minimum absolute atomic E-state index is 0.0569. The molecule has 0 aliphatic carbocycles. The first-order valence-electron chi connectivity index (χ1n) is 11.0. The number of carbonyl (C=O) groups is 2. The van der Waals surface area contributed by atoms with Crippen molar-refractivity contribution in [2.75, 3.05) is 26.2 Å². The predicted molar refractivity (Wildman–Crippen MR) is 131 cm³/mol. The molecule has 2 aromatic heterocycles. The summed E-state index contributed by atoms with van der Waals surface area (Å²) in [6.45, 7) is 0. The average molecular weight is 486 g/mol. The van der Waals surface area contributed by atoms with E-state index in [1.807, 2.05) is 0 Å². The number of fused-ring (bicyclic) bond motifs is 1. The van der Waals surface area contributed by atoms with Gasteiger partial charge in [0.25, 0.3) is 5.91 Å². The molecule has 0 fully saturated rings. The molecule has 182 valence electrons. The summed E-state index contributed by atoms with van der Waals surface area (Å²) in [6, 6.07) is 15.8. The Morgan fingerprint density at radius 3 is 2.47 bits per heavy atom. The van der Waals surface area contributed by atoms with Crippen molar-refractivity contribution in [2.24, 2.45) is 0 Å². The van der Waals surface area contributed by atoms with Crippen molar-refractivity contribution in [1.82, 2.24) is 4.98 Å². The van der Waals surface area contributed by atoms with Gasteiger partial charge in [0.15, 0.2) is 22.9 Å². The van der Waals surface area contributed by atoms with Gasteiger partial charge >= 0.3 is 0 Å². The topological polar surface area (TPSA) is 111 Å². The van der Waals surface area contributed by atoms with Crippen LogP contribution < -0.4 is 19.1 Å². The molecule has 1 aliphatic rings. The quantitative estimate of drug-likeness (QED) is 0.376. The number of anilines is 1. The molecule has 3 heterocycles. The maximum atomic E-state index is 13.9. The van der Waals surface area contributed by atoms with Crippen molar-refractivity contribution >= 4 is 28.5 Å². The molecular formula is C27H22N2O7. The number of rotatable bonds is 7. The summed E-state index contributed by atoms with van der Waals surface area (Å²) in [6.07, 6.45) is 1.52. The van der Waals surface area contributed by atoms with E-state index in [0.717, 1.165) is 0 Å². The maximum Gasteiger partial charge on any atom is 0.295 e. The lowest BCUT2D eigenvalue weighted by Gasteiger charge is -2.27. The lowest BCUT2D eigenvalue weighted by Crippen LogP contribution is -2.32. The fourth-order valence-corrected chi connectivity index (χ4v) is 4.36. The molecule has 4 aromatic rings. The fraction of sp³-hybridized carbons (Fsp3) is 0.148. The summed E-state index contributed by atoms with van der Waals surface area (Å²) in [5.41, 5.74) is 0.636. The number of furan rings is 1. The Morgan fingerprint density at radius 2 is 1.78 bits per heavy atom. The van der Waals surface area contributed by atoms with E-state index in [1.54, 1.807) is 60.7 Å². The molecule has 36 heavy (non-hydrogen) atoms. The van der Waals surface area contributed by atoms with Crippen molar-refractivity contribution in [3.63, 3.8) is 0 Å². The van der Waals surface area contributed by atoms with Gasteiger partial charge in [-0.1, -0.05) is 18.2 Å². The first kappa shape index (κ1) is 23.0. The molecule has 0 saturated carbocycles. The predicted octanol–water partition coefficient (Wildman–Crippen LogP) is 4.64. The van der Waals surface area contributed by atoms with E-state index in [0.29, 0.717) is 33.8 Å². The van der Waals surface area contributed by atoms with Gasteiger partial charge in [0.2, 0.25) is 5.78 Å². The van der Waals surface area contributed by atoms with Gasteiger partial charge in [0, 0.05) is 17.1 Å². The highest BCUT2D eigenvalue weighted by Gasteiger charge is 2.47. The lowest BCUT2D eigenvalue weighted by molar-refractivity contribution is -0.117. The molecule has 9 heteroatoms. The summed E-state index contributed by atoms with van der Waals surface area (Å²) in [4.78, 5) is 32.8. The largest absolute Gasteiger partial charge is 0.503 e. The van der Waals surface area contributed by atoms with Crippen molar-refractivity contribution in [3.8, 4) is 17.2 Å². The number of amides is 1.